The van der Waals surface area contributed by atoms with E-state index in [1.54, 1.807) is 18.2 Å². The molecule has 7 heteroatoms. The third-order valence-corrected chi connectivity index (χ3v) is 6.02. The van der Waals surface area contributed by atoms with Gasteiger partial charge in [-0.25, -0.2) is 12.8 Å². The van der Waals surface area contributed by atoms with Crippen molar-refractivity contribution in [3.8, 4) is 11.5 Å². The van der Waals surface area contributed by atoms with Crippen LogP contribution >= 0.6 is 0 Å². The molecule has 2 aromatic carbocycles. The number of ether oxygens (including phenoxy) is 2. The number of hydrogen-bond donors (Lipinski definition) is 0. The predicted molar refractivity (Wildman–Crippen MR) is 86.7 cm³/mol. The zero-order valence-corrected chi connectivity index (χ0v) is 13.7. The molecule has 0 N–H and O–H groups in total. The molecule has 2 aromatic rings. The summed E-state index contributed by atoms with van der Waals surface area (Å²) >= 11 is 0. The van der Waals surface area contributed by atoms with Crippen molar-refractivity contribution in [3.05, 3.63) is 47.8 Å². The molecule has 2 aliphatic rings. The highest BCUT2D eigenvalue weighted by Crippen LogP contribution is 2.37. The second kappa shape index (κ2) is 5.66. The summed E-state index contributed by atoms with van der Waals surface area (Å²) in [5.74, 6) is 0.395. The fourth-order valence-corrected chi connectivity index (χ4v) is 4.68. The van der Waals surface area contributed by atoms with E-state index < -0.39 is 15.8 Å². The van der Waals surface area contributed by atoms with Crippen molar-refractivity contribution < 1.29 is 22.3 Å². The van der Waals surface area contributed by atoms with E-state index >= 15 is 0 Å². The van der Waals surface area contributed by atoms with Gasteiger partial charge in [0.25, 0.3) is 10.0 Å². The molecule has 126 valence electrons. The largest absolute Gasteiger partial charge is 0.486 e. The lowest BCUT2D eigenvalue weighted by Crippen LogP contribution is -2.36. The first-order valence-electron chi connectivity index (χ1n) is 7.77. The monoisotopic (exact) mass is 349 g/mol. The molecule has 0 bridgehead atoms. The number of rotatable bonds is 2. The van der Waals surface area contributed by atoms with Gasteiger partial charge in [-0.2, -0.15) is 0 Å². The number of hydrogen-bond acceptors (Lipinski definition) is 4. The predicted octanol–water partition coefficient (Wildman–Crippen LogP) is 2.74. The van der Waals surface area contributed by atoms with Crippen LogP contribution in [0, 0.1) is 5.82 Å². The van der Waals surface area contributed by atoms with E-state index in [2.05, 4.69) is 0 Å². The first-order valence-corrected chi connectivity index (χ1v) is 9.21. The molecule has 0 spiro atoms. The van der Waals surface area contributed by atoms with Gasteiger partial charge < -0.3 is 9.47 Å². The Kier molecular flexibility index (Phi) is 3.60. The topological polar surface area (TPSA) is 55.8 Å². The van der Waals surface area contributed by atoms with Crippen LogP contribution in [-0.2, 0) is 16.4 Å². The minimum atomic E-state index is -3.87. The number of halogens is 1. The molecule has 24 heavy (non-hydrogen) atoms. The second-order valence-corrected chi connectivity index (χ2v) is 7.60. The van der Waals surface area contributed by atoms with Gasteiger partial charge in [0.05, 0.1) is 10.6 Å². The van der Waals surface area contributed by atoms with Crippen LogP contribution in [0.3, 0.4) is 0 Å². The van der Waals surface area contributed by atoms with Gasteiger partial charge in [-0.15, -0.1) is 0 Å². The first-order chi connectivity index (χ1) is 11.6. The van der Waals surface area contributed by atoms with Crippen LogP contribution in [0.2, 0.25) is 0 Å². The molecule has 0 saturated heterocycles. The van der Waals surface area contributed by atoms with E-state index in [9.17, 15) is 12.8 Å². The SMILES string of the molecule is O=S(=O)(c1ccc2c(c1)OCCO2)N1CCCc2cccc(F)c21. The van der Waals surface area contributed by atoms with Crippen molar-refractivity contribution in [1.29, 1.82) is 0 Å². The zero-order valence-electron chi connectivity index (χ0n) is 12.9. The second-order valence-electron chi connectivity index (χ2n) is 5.73. The molecule has 0 radical (unpaired) electrons. The van der Waals surface area contributed by atoms with Gasteiger partial charge in [-0.1, -0.05) is 12.1 Å². The lowest BCUT2D eigenvalue weighted by molar-refractivity contribution is 0.171. The molecule has 2 heterocycles. The van der Waals surface area contributed by atoms with Crippen LogP contribution < -0.4 is 13.8 Å². The Morgan fingerprint density at radius 3 is 2.67 bits per heavy atom. The van der Waals surface area contributed by atoms with Crippen molar-refractivity contribution in [3.63, 3.8) is 0 Å². The molecule has 0 unspecified atom stereocenters. The highest BCUT2D eigenvalue weighted by Gasteiger charge is 2.32. The van der Waals surface area contributed by atoms with Gasteiger partial charge in [0.2, 0.25) is 0 Å². The lowest BCUT2D eigenvalue weighted by Gasteiger charge is -2.31. The molecule has 4 rings (SSSR count). The van der Waals surface area contributed by atoms with Crippen molar-refractivity contribution in [2.24, 2.45) is 0 Å². The lowest BCUT2D eigenvalue weighted by atomic mass is 10.0. The van der Waals surface area contributed by atoms with Gasteiger partial charge in [0.15, 0.2) is 11.5 Å². The van der Waals surface area contributed by atoms with Gasteiger partial charge in [-0.05, 0) is 36.6 Å². The first kappa shape index (κ1) is 15.3. The van der Waals surface area contributed by atoms with Crippen LogP contribution in [0.25, 0.3) is 0 Å². The quantitative estimate of drug-likeness (QED) is 0.837. The number of sulfonamides is 1. The van der Waals surface area contributed by atoms with E-state index in [1.165, 1.54) is 18.2 Å². The van der Waals surface area contributed by atoms with Crippen molar-refractivity contribution >= 4 is 15.7 Å². The Labute approximate surface area is 139 Å². The minimum absolute atomic E-state index is 0.0721. The van der Waals surface area contributed by atoms with E-state index in [0.29, 0.717) is 43.1 Å². The summed E-state index contributed by atoms with van der Waals surface area (Å²) in [6.07, 6.45) is 1.32. The van der Waals surface area contributed by atoms with Crippen LogP contribution in [-0.4, -0.2) is 28.2 Å². The summed E-state index contributed by atoms with van der Waals surface area (Å²) in [4.78, 5) is 0.0721. The third kappa shape index (κ3) is 2.39. The number of fused-ring (bicyclic) bond motifs is 2. The smallest absolute Gasteiger partial charge is 0.264 e. The Bertz CT molecular complexity index is 897. The molecule has 0 fully saturated rings. The van der Waals surface area contributed by atoms with Gasteiger partial charge in [0, 0.05) is 12.6 Å². The number of para-hydroxylation sites is 1. The Hall–Kier alpha value is -2.28. The average Bonchev–Trinajstić information content (AvgIpc) is 2.61. The Balaban J connectivity index is 1.80. The van der Waals surface area contributed by atoms with E-state index in [0.717, 1.165) is 4.31 Å². The third-order valence-electron chi connectivity index (χ3n) is 4.23. The van der Waals surface area contributed by atoms with Crippen LogP contribution in [0.1, 0.15) is 12.0 Å². The highest BCUT2D eigenvalue weighted by atomic mass is 32.2. The summed E-state index contributed by atoms with van der Waals surface area (Å²) in [5, 5.41) is 0. The number of nitrogens with zero attached hydrogens (tertiary/aromatic N) is 1. The standard InChI is InChI=1S/C17H16FNO4S/c18-14-5-1-3-12-4-2-8-19(17(12)14)24(20,21)13-6-7-15-16(11-13)23-10-9-22-15/h1,3,5-7,11H,2,4,8-10H2. The molecule has 0 atom stereocenters. The minimum Gasteiger partial charge on any atom is -0.486 e. The normalized spacial score (nSPS) is 16.6. The summed E-state index contributed by atoms with van der Waals surface area (Å²) in [6, 6.07) is 9.15. The van der Waals surface area contributed by atoms with Crippen LogP contribution in [0.5, 0.6) is 11.5 Å². The maximum Gasteiger partial charge on any atom is 0.264 e. The summed E-state index contributed by atoms with van der Waals surface area (Å²) < 4.78 is 52.4. The fourth-order valence-electron chi connectivity index (χ4n) is 3.12. The number of benzene rings is 2. The maximum absolute atomic E-state index is 14.3. The molecule has 2 aliphatic heterocycles. The molecule has 5 nitrogen and oxygen atoms in total. The van der Waals surface area contributed by atoms with Gasteiger partial charge in [0.1, 0.15) is 19.0 Å². The van der Waals surface area contributed by atoms with Gasteiger partial charge >= 0.3 is 0 Å². The van der Waals surface area contributed by atoms with Gasteiger partial charge in [-0.3, -0.25) is 4.31 Å². The number of aryl methyl sites for hydroxylation is 1. The molecular formula is C17H16FNO4S. The Morgan fingerprint density at radius 1 is 1.04 bits per heavy atom. The van der Waals surface area contributed by atoms with E-state index in [-0.39, 0.29) is 17.1 Å². The fraction of sp³-hybridized carbons (Fsp3) is 0.294. The van der Waals surface area contributed by atoms with Crippen molar-refractivity contribution in [1.82, 2.24) is 0 Å². The highest BCUT2D eigenvalue weighted by molar-refractivity contribution is 7.92. The van der Waals surface area contributed by atoms with E-state index in [1.807, 2.05) is 0 Å². The summed E-state index contributed by atoms with van der Waals surface area (Å²) in [6.45, 7) is 1.06. The molecular weight excluding hydrogens is 333 g/mol. The zero-order chi connectivity index (χ0) is 16.7. The van der Waals surface area contributed by atoms with E-state index in [4.69, 9.17) is 9.47 Å². The summed E-state index contributed by atoms with van der Waals surface area (Å²) in [7, 11) is -3.87. The Morgan fingerprint density at radius 2 is 1.83 bits per heavy atom. The maximum atomic E-state index is 14.3. The molecule has 0 aromatic heterocycles. The number of anilines is 1. The molecule has 0 saturated carbocycles. The molecule has 0 amide bonds. The van der Waals surface area contributed by atoms with Crippen LogP contribution in [0.4, 0.5) is 10.1 Å². The van der Waals surface area contributed by atoms with Crippen molar-refractivity contribution in [2.75, 3.05) is 24.1 Å². The van der Waals surface area contributed by atoms with Crippen molar-refractivity contribution in [2.45, 2.75) is 17.7 Å². The molecule has 0 aliphatic carbocycles. The summed E-state index contributed by atoms with van der Waals surface area (Å²) in [5.41, 5.74) is 0.862. The van der Waals surface area contributed by atoms with Crippen LogP contribution in [0.15, 0.2) is 41.3 Å². The average molecular weight is 349 g/mol.